The van der Waals surface area contributed by atoms with Crippen molar-refractivity contribution in [3.63, 3.8) is 0 Å². The molecular weight excluding hydrogens is 248 g/mol. The van der Waals surface area contributed by atoms with Crippen LogP contribution in [0.15, 0.2) is 0 Å². The lowest BCUT2D eigenvalue weighted by Gasteiger charge is -2.40. The molecule has 0 aromatic carbocycles. The van der Waals surface area contributed by atoms with Gasteiger partial charge in [-0.05, 0) is 25.2 Å². The van der Waals surface area contributed by atoms with E-state index in [1.807, 2.05) is 13.8 Å². The first-order valence-corrected chi connectivity index (χ1v) is 6.70. The van der Waals surface area contributed by atoms with Crippen LogP contribution >= 0.6 is 0 Å². The minimum Gasteiger partial charge on any atom is -0.481 e. The van der Waals surface area contributed by atoms with E-state index in [0.29, 0.717) is 6.54 Å². The summed E-state index contributed by atoms with van der Waals surface area (Å²) in [6.45, 7) is 4.26. The molecule has 1 fully saturated rings. The van der Waals surface area contributed by atoms with E-state index in [1.165, 1.54) is 0 Å². The number of hydrogen-bond donors (Lipinski definition) is 3. The second kappa shape index (κ2) is 6.75. The van der Waals surface area contributed by atoms with Crippen molar-refractivity contribution in [1.82, 2.24) is 10.6 Å². The maximum atomic E-state index is 11.6. The maximum Gasteiger partial charge on any atom is 0.314 e. The van der Waals surface area contributed by atoms with Crippen LogP contribution in [-0.2, 0) is 9.53 Å². The number of carbonyl (C=O) groups is 2. The normalized spacial score (nSPS) is 18.5. The van der Waals surface area contributed by atoms with Gasteiger partial charge in [0.15, 0.2) is 0 Å². The Labute approximate surface area is 113 Å². The van der Waals surface area contributed by atoms with Gasteiger partial charge in [0.05, 0.1) is 11.5 Å². The molecule has 0 aromatic rings. The van der Waals surface area contributed by atoms with Gasteiger partial charge in [0, 0.05) is 20.2 Å². The molecule has 0 saturated heterocycles. The fourth-order valence-corrected chi connectivity index (χ4v) is 2.14. The first-order chi connectivity index (χ1) is 8.90. The number of ether oxygens (including phenoxy) is 1. The number of aliphatic carboxylic acids is 1. The van der Waals surface area contributed by atoms with Crippen LogP contribution in [0, 0.1) is 11.8 Å². The average molecular weight is 272 g/mol. The molecule has 1 atom stereocenters. The van der Waals surface area contributed by atoms with Gasteiger partial charge in [-0.25, -0.2) is 4.79 Å². The lowest BCUT2D eigenvalue weighted by atomic mass is 9.80. The highest BCUT2D eigenvalue weighted by atomic mass is 16.5. The molecule has 1 rings (SSSR count). The average Bonchev–Trinajstić information content (AvgIpc) is 2.27. The smallest absolute Gasteiger partial charge is 0.314 e. The Morgan fingerprint density at radius 2 is 1.95 bits per heavy atom. The SMILES string of the molecule is COC1(CNC(=O)NCC(C(=O)O)C(C)C)CCC1. The van der Waals surface area contributed by atoms with Crippen LogP contribution in [0.5, 0.6) is 0 Å². The zero-order valence-electron chi connectivity index (χ0n) is 11.9. The Morgan fingerprint density at radius 3 is 2.32 bits per heavy atom. The minimum absolute atomic E-state index is 0.0188. The number of methoxy groups -OCH3 is 1. The monoisotopic (exact) mass is 272 g/mol. The predicted molar refractivity (Wildman–Crippen MR) is 71.0 cm³/mol. The van der Waals surface area contributed by atoms with Crippen molar-refractivity contribution in [3.05, 3.63) is 0 Å². The van der Waals surface area contributed by atoms with Crippen LogP contribution < -0.4 is 10.6 Å². The lowest BCUT2D eigenvalue weighted by molar-refractivity contribution is -0.142. The van der Waals surface area contributed by atoms with Crippen molar-refractivity contribution in [2.45, 2.75) is 38.7 Å². The molecule has 110 valence electrons. The second-order valence-corrected chi connectivity index (χ2v) is 5.49. The number of nitrogens with one attached hydrogen (secondary N) is 2. The van der Waals surface area contributed by atoms with E-state index in [0.717, 1.165) is 19.3 Å². The molecule has 0 spiro atoms. The van der Waals surface area contributed by atoms with Crippen LogP contribution in [0.3, 0.4) is 0 Å². The molecule has 0 aromatic heterocycles. The minimum atomic E-state index is -0.886. The Kier molecular flexibility index (Phi) is 5.60. The Hall–Kier alpha value is -1.30. The highest BCUT2D eigenvalue weighted by molar-refractivity contribution is 5.76. The van der Waals surface area contributed by atoms with E-state index in [1.54, 1.807) is 7.11 Å². The van der Waals surface area contributed by atoms with Crippen molar-refractivity contribution < 1.29 is 19.4 Å². The number of hydrogen-bond acceptors (Lipinski definition) is 3. The number of rotatable bonds is 7. The number of carboxylic acid groups (broad SMARTS) is 1. The van der Waals surface area contributed by atoms with E-state index in [9.17, 15) is 9.59 Å². The van der Waals surface area contributed by atoms with Crippen molar-refractivity contribution in [2.24, 2.45) is 11.8 Å². The summed E-state index contributed by atoms with van der Waals surface area (Å²) in [5, 5.41) is 14.4. The van der Waals surface area contributed by atoms with Crippen LogP contribution in [0.2, 0.25) is 0 Å². The van der Waals surface area contributed by atoms with E-state index >= 15 is 0 Å². The van der Waals surface area contributed by atoms with Crippen molar-refractivity contribution in [1.29, 1.82) is 0 Å². The van der Waals surface area contributed by atoms with Crippen LogP contribution in [0.4, 0.5) is 4.79 Å². The number of amides is 2. The van der Waals surface area contributed by atoms with E-state index in [-0.39, 0.29) is 24.1 Å². The molecule has 19 heavy (non-hydrogen) atoms. The van der Waals surface area contributed by atoms with E-state index < -0.39 is 11.9 Å². The van der Waals surface area contributed by atoms with E-state index in [2.05, 4.69) is 10.6 Å². The molecule has 1 aliphatic carbocycles. The zero-order chi connectivity index (χ0) is 14.5. The summed E-state index contributed by atoms with van der Waals surface area (Å²) in [5.41, 5.74) is -0.221. The first kappa shape index (κ1) is 15.8. The summed E-state index contributed by atoms with van der Waals surface area (Å²) < 4.78 is 5.39. The number of carboxylic acids is 1. The standard InChI is InChI=1S/C13H24N2O4/c1-9(2)10(11(16)17)7-14-12(18)15-8-13(19-3)5-4-6-13/h9-10H,4-8H2,1-3H3,(H,16,17)(H2,14,15,18). The molecule has 1 unspecified atom stereocenters. The largest absolute Gasteiger partial charge is 0.481 e. The summed E-state index contributed by atoms with van der Waals surface area (Å²) in [7, 11) is 1.65. The lowest BCUT2D eigenvalue weighted by Crippen LogP contribution is -2.52. The summed E-state index contributed by atoms with van der Waals surface area (Å²) in [6.07, 6.45) is 3.02. The maximum absolute atomic E-state index is 11.6. The van der Waals surface area contributed by atoms with Gasteiger partial charge in [-0.3, -0.25) is 4.79 Å². The van der Waals surface area contributed by atoms with Gasteiger partial charge < -0.3 is 20.5 Å². The molecule has 0 heterocycles. The van der Waals surface area contributed by atoms with Crippen LogP contribution in [0.25, 0.3) is 0 Å². The Balaban J connectivity index is 2.29. The van der Waals surface area contributed by atoms with Gasteiger partial charge in [-0.1, -0.05) is 13.8 Å². The fraction of sp³-hybridized carbons (Fsp3) is 0.846. The van der Waals surface area contributed by atoms with Gasteiger partial charge >= 0.3 is 12.0 Å². The molecule has 0 aliphatic heterocycles. The van der Waals surface area contributed by atoms with Gasteiger partial charge in [0.25, 0.3) is 0 Å². The molecule has 3 N–H and O–H groups in total. The summed E-state index contributed by atoms with van der Waals surface area (Å²) in [5.74, 6) is -1.47. The van der Waals surface area contributed by atoms with Crippen molar-refractivity contribution >= 4 is 12.0 Å². The molecule has 2 amide bonds. The molecule has 1 aliphatic rings. The summed E-state index contributed by atoms with van der Waals surface area (Å²) >= 11 is 0. The van der Waals surface area contributed by atoms with Gasteiger partial charge in [-0.2, -0.15) is 0 Å². The second-order valence-electron chi connectivity index (χ2n) is 5.49. The molecule has 6 heteroatoms. The van der Waals surface area contributed by atoms with Crippen molar-refractivity contribution in [2.75, 3.05) is 20.2 Å². The third-order valence-electron chi connectivity index (χ3n) is 3.87. The van der Waals surface area contributed by atoms with Gasteiger partial charge in [0.2, 0.25) is 0 Å². The van der Waals surface area contributed by atoms with Crippen LogP contribution in [-0.4, -0.2) is 42.9 Å². The molecule has 0 radical (unpaired) electrons. The fourth-order valence-electron chi connectivity index (χ4n) is 2.14. The Bertz CT molecular complexity index is 321. The predicted octanol–water partition coefficient (Wildman–Crippen LogP) is 1.21. The third kappa shape index (κ3) is 4.38. The highest BCUT2D eigenvalue weighted by Crippen LogP contribution is 2.34. The summed E-state index contributed by atoms with van der Waals surface area (Å²) in [4.78, 5) is 22.6. The first-order valence-electron chi connectivity index (χ1n) is 6.70. The molecule has 0 bridgehead atoms. The van der Waals surface area contributed by atoms with E-state index in [4.69, 9.17) is 9.84 Å². The molecule has 1 saturated carbocycles. The van der Waals surface area contributed by atoms with Gasteiger partial charge in [0.1, 0.15) is 0 Å². The number of urea groups is 1. The highest BCUT2D eigenvalue weighted by Gasteiger charge is 2.37. The quantitative estimate of drug-likeness (QED) is 0.650. The van der Waals surface area contributed by atoms with Crippen molar-refractivity contribution in [3.8, 4) is 0 Å². The topological polar surface area (TPSA) is 87.7 Å². The zero-order valence-corrected chi connectivity index (χ0v) is 11.9. The molecule has 6 nitrogen and oxygen atoms in total. The van der Waals surface area contributed by atoms with Gasteiger partial charge in [-0.15, -0.1) is 0 Å². The third-order valence-corrected chi connectivity index (χ3v) is 3.87. The summed E-state index contributed by atoms with van der Waals surface area (Å²) in [6, 6.07) is -0.338. The number of carbonyl (C=O) groups excluding carboxylic acids is 1. The van der Waals surface area contributed by atoms with Crippen LogP contribution in [0.1, 0.15) is 33.1 Å². The Morgan fingerprint density at radius 1 is 1.32 bits per heavy atom. The molecular formula is C13H24N2O4.